The van der Waals surface area contributed by atoms with Crippen molar-refractivity contribution < 1.29 is 14.7 Å². The van der Waals surface area contributed by atoms with Gasteiger partial charge in [-0.15, -0.1) is 0 Å². The monoisotopic (exact) mass is 197 g/mol. The molecule has 0 radical (unpaired) electrons. The van der Waals surface area contributed by atoms with Crippen LogP contribution >= 0.6 is 0 Å². The van der Waals surface area contributed by atoms with Crippen LogP contribution in [0.15, 0.2) is 11.6 Å². The zero-order valence-corrected chi connectivity index (χ0v) is 8.49. The molecule has 0 aromatic carbocycles. The van der Waals surface area contributed by atoms with Gasteiger partial charge in [0, 0.05) is 25.6 Å². The van der Waals surface area contributed by atoms with E-state index in [2.05, 4.69) is 0 Å². The Morgan fingerprint density at radius 1 is 1.71 bits per heavy atom. The fourth-order valence-corrected chi connectivity index (χ4v) is 1.68. The SMILES string of the molecule is CC(=CC(=O)O)CN1CC(C)CC1=O. The summed E-state index contributed by atoms with van der Waals surface area (Å²) in [5.41, 5.74) is 0.708. The first-order valence-electron chi connectivity index (χ1n) is 4.67. The summed E-state index contributed by atoms with van der Waals surface area (Å²) in [4.78, 5) is 23.4. The molecule has 0 saturated carbocycles. The third kappa shape index (κ3) is 2.87. The molecule has 1 amide bonds. The third-order valence-corrected chi connectivity index (χ3v) is 2.22. The zero-order valence-electron chi connectivity index (χ0n) is 8.49. The van der Waals surface area contributed by atoms with Crippen LogP contribution in [0, 0.1) is 5.92 Å². The van der Waals surface area contributed by atoms with E-state index in [4.69, 9.17) is 5.11 Å². The van der Waals surface area contributed by atoms with Gasteiger partial charge in [0.25, 0.3) is 0 Å². The number of aliphatic carboxylic acids is 1. The quantitative estimate of drug-likeness (QED) is 0.683. The van der Waals surface area contributed by atoms with E-state index in [9.17, 15) is 9.59 Å². The molecule has 1 unspecified atom stereocenters. The van der Waals surface area contributed by atoms with Crippen LogP contribution in [0.1, 0.15) is 20.3 Å². The van der Waals surface area contributed by atoms with E-state index in [1.165, 1.54) is 0 Å². The van der Waals surface area contributed by atoms with E-state index in [1.807, 2.05) is 6.92 Å². The first-order valence-corrected chi connectivity index (χ1v) is 4.67. The van der Waals surface area contributed by atoms with Crippen molar-refractivity contribution in [2.75, 3.05) is 13.1 Å². The van der Waals surface area contributed by atoms with E-state index < -0.39 is 5.97 Å². The van der Waals surface area contributed by atoms with Gasteiger partial charge >= 0.3 is 5.97 Å². The van der Waals surface area contributed by atoms with Gasteiger partial charge in [-0.1, -0.05) is 6.92 Å². The van der Waals surface area contributed by atoms with Crippen LogP contribution in [0.4, 0.5) is 0 Å². The van der Waals surface area contributed by atoms with Crippen molar-refractivity contribution in [3.63, 3.8) is 0 Å². The normalized spacial score (nSPS) is 23.0. The molecular weight excluding hydrogens is 182 g/mol. The molecule has 1 N–H and O–H groups in total. The fourth-order valence-electron chi connectivity index (χ4n) is 1.68. The second-order valence-corrected chi connectivity index (χ2v) is 3.91. The average molecular weight is 197 g/mol. The van der Waals surface area contributed by atoms with Crippen LogP contribution in [0.25, 0.3) is 0 Å². The van der Waals surface area contributed by atoms with Gasteiger partial charge in [0.1, 0.15) is 0 Å². The number of carbonyl (C=O) groups excluding carboxylic acids is 1. The van der Waals surface area contributed by atoms with Gasteiger partial charge in [0.15, 0.2) is 0 Å². The molecule has 0 aromatic rings. The van der Waals surface area contributed by atoms with E-state index in [1.54, 1.807) is 11.8 Å². The first kappa shape index (κ1) is 10.8. The Morgan fingerprint density at radius 3 is 2.79 bits per heavy atom. The first-order chi connectivity index (χ1) is 6.49. The molecule has 1 aliphatic heterocycles. The van der Waals surface area contributed by atoms with Crippen LogP contribution in [0.2, 0.25) is 0 Å². The van der Waals surface area contributed by atoms with Crippen molar-refractivity contribution >= 4 is 11.9 Å². The minimum absolute atomic E-state index is 0.121. The molecule has 1 heterocycles. The highest BCUT2D eigenvalue weighted by molar-refractivity contribution is 5.81. The maximum atomic E-state index is 11.4. The van der Waals surface area contributed by atoms with E-state index in [0.29, 0.717) is 24.5 Å². The van der Waals surface area contributed by atoms with Gasteiger partial charge in [-0.25, -0.2) is 4.79 Å². The molecule has 1 aliphatic rings. The summed E-state index contributed by atoms with van der Waals surface area (Å²) in [7, 11) is 0. The Morgan fingerprint density at radius 2 is 2.36 bits per heavy atom. The second-order valence-electron chi connectivity index (χ2n) is 3.91. The Kier molecular flexibility index (Phi) is 3.28. The lowest BCUT2D eigenvalue weighted by Crippen LogP contribution is -2.27. The topological polar surface area (TPSA) is 57.6 Å². The van der Waals surface area contributed by atoms with Crippen LogP contribution < -0.4 is 0 Å². The molecule has 4 heteroatoms. The highest BCUT2D eigenvalue weighted by Crippen LogP contribution is 2.17. The number of rotatable bonds is 3. The highest BCUT2D eigenvalue weighted by atomic mass is 16.4. The van der Waals surface area contributed by atoms with Crippen LogP contribution in [0.5, 0.6) is 0 Å². The molecule has 1 atom stereocenters. The van der Waals surface area contributed by atoms with Crippen LogP contribution in [-0.4, -0.2) is 35.0 Å². The summed E-state index contributed by atoms with van der Waals surface area (Å²) in [6.07, 6.45) is 1.73. The largest absolute Gasteiger partial charge is 0.478 e. The molecule has 1 saturated heterocycles. The molecule has 1 fully saturated rings. The summed E-state index contributed by atoms with van der Waals surface area (Å²) >= 11 is 0. The lowest BCUT2D eigenvalue weighted by atomic mass is 10.2. The number of amides is 1. The molecule has 0 spiro atoms. The van der Waals surface area contributed by atoms with Gasteiger partial charge < -0.3 is 10.0 Å². The van der Waals surface area contributed by atoms with Crippen molar-refractivity contribution in [1.82, 2.24) is 4.90 Å². The van der Waals surface area contributed by atoms with Crippen molar-refractivity contribution in [3.05, 3.63) is 11.6 Å². The van der Waals surface area contributed by atoms with Crippen LogP contribution in [-0.2, 0) is 9.59 Å². The number of likely N-dealkylation sites (tertiary alicyclic amines) is 1. The van der Waals surface area contributed by atoms with Gasteiger partial charge in [-0.2, -0.15) is 0 Å². The Bertz CT molecular complexity index is 283. The number of carboxylic acids is 1. The van der Waals surface area contributed by atoms with Gasteiger partial charge in [0.2, 0.25) is 5.91 Å². The predicted octanol–water partition coefficient (Wildman–Crippen LogP) is 0.886. The standard InChI is InChI=1S/C10H15NO3/c1-7-3-9(12)11(5-7)6-8(2)4-10(13)14/h4,7H,3,5-6H2,1-2H3,(H,13,14). The zero-order chi connectivity index (χ0) is 10.7. The highest BCUT2D eigenvalue weighted by Gasteiger charge is 2.26. The van der Waals surface area contributed by atoms with Gasteiger partial charge in [-0.05, 0) is 18.4 Å². The number of nitrogens with zero attached hydrogens (tertiary/aromatic N) is 1. The smallest absolute Gasteiger partial charge is 0.328 e. The van der Waals surface area contributed by atoms with Crippen LogP contribution in [0.3, 0.4) is 0 Å². The predicted molar refractivity (Wildman–Crippen MR) is 51.8 cm³/mol. The number of carbonyl (C=O) groups is 2. The van der Waals surface area contributed by atoms with Gasteiger partial charge in [0.05, 0.1) is 0 Å². The minimum atomic E-state index is -0.956. The Hall–Kier alpha value is -1.32. The lowest BCUT2D eigenvalue weighted by molar-refractivity contribution is -0.131. The maximum absolute atomic E-state index is 11.4. The lowest BCUT2D eigenvalue weighted by Gasteiger charge is -2.15. The summed E-state index contributed by atoms with van der Waals surface area (Å²) in [5.74, 6) is -0.446. The number of hydrogen-bond acceptors (Lipinski definition) is 2. The summed E-state index contributed by atoms with van der Waals surface area (Å²) in [6, 6.07) is 0. The Labute approximate surface area is 83.2 Å². The molecule has 78 valence electrons. The molecular formula is C10H15NO3. The Balaban J connectivity index is 2.53. The molecule has 0 aromatic heterocycles. The van der Waals surface area contributed by atoms with Gasteiger partial charge in [-0.3, -0.25) is 4.79 Å². The molecule has 0 aliphatic carbocycles. The minimum Gasteiger partial charge on any atom is -0.478 e. The van der Waals surface area contributed by atoms with E-state index >= 15 is 0 Å². The summed E-state index contributed by atoms with van der Waals surface area (Å²) in [6.45, 7) is 4.93. The molecule has 14 heavy (non-hydrogen) atoms. The summed E-state index contributed by atoms with van der Waals surface area (Å²) in [5, 5.41) is 8.50. The average Bonchev–Trinajstić information content (AvgIpc) is 2.28. The van der Waals surface area contributed by atoms with E-state index in [0.717, 1.165) is 12.6 Å². The van der Waals surface area contributed by atoms with Crippen molar-refractivity contribution in [3.8, 4) is 0 Å². The van der Waals surface area contributed by atoms with E-state index in [-0.39, 0.29) is 5.91 Å². The molecule has 1 rings (SSSR count). The number of carboxylic acid groups (broad SMARTS) is 1. The van der Waals surface area contributed by atoms with Crippen molar-refractivity contribution in [2.24, 2.45) is 5.92 Å². The number of hydrogen-bond donors (Lipinski definition) is 1. The van der Waals surface area contributed by atoms with Crippen molar-refractivity contribution in [1.29, 1.82) is 0 Å². The van der Waals surface area contributed by atoms with Crippen molar-refractivity contribution in [2.45, 2.75) is 20.3 Å². The fraction of sp³-hybridized carbons (Fsp3) is 0.600. The molecule has 0 bridgehead atoms. The molecule has 4 nitrogen and oxygen atoms in total. The maximum Gasteiger partial charge on any atom is 0.328 e. The second kappa shape index (κ2) is 4.26. The summed E-state index contributed by atoms with van der Waals surface area (Å²) < 4.78 is 0. The third-order valence-electron chi connectivity index (χ3n) is 2.22.